The number of carboxylic acid groups (broad SMARTS) is 1. The van der Waals surface area contributed by atoms with Crippen molar-refractivity contribution in [1.29, 1.82) is 0 Å². The highest BCUT2D eigenvalue weighted by Crippen LogP contribution is 2.24. The van der Waals surface area contributed by atoms with Crippen molar-refractivity contribution in [3.63, 3.8) is 0 Å². The van der Waals surface area contributed by atoms with E-state index in [0.717, 1.165) is 0 Å². The van der Waals surface area contributed by atoms with Gasteiger partial charge in [0.2, 0.25) is 5.91 Å². The summed E-state index contributed by atoms with van der Waals surface area (Å²) in [5.41, 5.74) is -0.182. The van der Waals surface area contributed by atoms with Crippen LogP contribution < -0.4 is 5.32 Å². The van der Waals surface area contributed by atoms with Crippen molar-refractivity contribution in [1.82, 2.24) is 20.3 Å². The molecule has 1 aromatic rings. The van der Waals surface area contributed by atoms with Crippen molar-refractivity contribution in [2.24, 2.45) is 0 Å². The van der Waals surface area contributed by atoms with E-state index in [-0.39, 0.29) is 18.1 Å². The zero-order chi connectivity index (χ0) is 15.3. The largest absolute Gasteiger partial charge is 0.476 e. The van der Waals surface area contributed by atoms with E-state index in [0.29, 0.717) is 18.8 Å². The number of amides is 1. The van der Waals surface area contributed by atoms with Crippen molar-refractivity contribution in [2.45, 2.75) is 32.7 Å². The van der Waals surface area contributed by atoms with Gasteiger partial charge in [0.1, 0.15) is 6.54 Å². The summed E-state index contributed by atoms with van der Waals surface area (Å²) in [7, 11) is 1.54. The summed E-state index contributed by atoms with van der Waals surface area (Å²) in [4.78, 5) is 22.9. The van der Waals surface area contributed by atoms with Crippen molar-refractivity contribution in [2.75, 3.05) is 20.3 Å². The molecule has 0 aliphatic carbocycles. The minimum Gasteiger partial charge on any atom is -0.476 e. The first-order valence-electron chi connectivity index (χ1n) is 6.20. The molecule has 1 rings (SSSR count). The van der Waals surface area contributed by atoms with Crippen LogP contribution in [0.2, 0.25) is 0 Å². The van der Waals surface area contributed by atoms with Gasteiger partial charge < -0.3 is 15.2 Å². The maximum atomic E-state index is 11.7. The minimum absolute atomic E-state index is 0.0728. The average molecular weight is 284 g/mol. The summed E-state index contributed by atoms with van der Waals surface area (Å²) in [6, 6.07) is 0. The standard InChI is InChI=1S/C12H20N4O4/c1-12(2,3)10-9(11(18)19)14-15-16(10)7-8(17)13-5-6-20-4/h5-7H2,1-4H3,(H,13,17)(H,18,19). The molecule has 0 saturated carbocycles. The quantitative estimate of drug-likeness (QED) is 0.714. The van der Waals surface area contributed by atoms with E-state index >= 15 is 0 Å². The highest BCUT2D eigenvalue weighted by atomic mass is 16.5. The Morgan fingerprint density at radius 1 is 1.40 bits per heavy atom. The average Bonchev–Trinajstić information content (AvgIpc) is 2.72. The van der Waals surface area contributed by atoms with Crippen LogP contribution in [0, 0.1) is 0 Å². The second-order valence-electron chi connectivity index (χ2n) is 5.34. The highest BCUT2D eigenvalue weighted by Gasteiger charge is 2.29. The fourth-order valence-corrected chi connectivity index (χ4v) is 1.79. The predicted molar refractivity (Wildman–Crippen MR) is 70.6 cm³/mol. The Morgan fingerprint density at radius 3 is 2.55 bits per heavy atom. The number of aromatic carboxylic acids is 1. The number of aromatic nitrogens is 3. The number of hydrogen-bond donors (Lipinski definition) is 2. The fraction of sp³-hybridized carbons (Fsp3) is 0.667. The molecule has 0 aliphatic heterocycles. The first kappa shape index (κ1) is 16.1. The van der Waals surface area contributed by atoms with E-state index in [1.54, 1.807) is 7.11 Å². The third-order valence-corrected chi connectivity index (χ3v) is 2.57. The van der Waals surface area contributed by atoms with Crippen molar-refractivity contribution < 1.29 is 19.4 Å². The molecule has 20 heavy (non-hydrogen) atoms. The molecule has 2 N–H and O–H groups in total. The van der Waals surface area contributed by atoms with Crippen LogP contribution in [0.15, 0.2) is 0 Å². The van der Waals surface area contributed by atoms with Gasteiger partial charge in [0.05, 0.1) is 12.3 Å². The van der Waals surface area contributed by atoms with Crippen molar-refractivity contribution >= 4 is 11.9 Å². The van der Waals surface area contributed by atoms with Gasteiger partial charge in [-0.25, -0.2) is 9.48 Å². The second-order valence-corrected chi connectivity index (χ2v) is 5.34. The number of hydrogen-bond acceptors (Lipinski definition) is 5. The van der Waals surface area contributed by atoms with Crippen LogP contribution in [-0.4, -0.2) is 52.2 Å². The summed E-state index contributed by atoms with van der Waals surface area (Å²) < 4.78 is 6.15. The lowest BCUT2D eigenvalue weighted by Gasteiger charge is -2.20. The summed E-state index contributed by atoms with van der Waals surface area (Å²) >= 11 is 0. The molecule has 112 valence electrons. The fourth-order valence-electron chi connectivity index (χ4n) is 1.79. The lowest BCUT2D eigenvalue weighted by Crippen LogP contribution is -2.32. The van der Waals surface area contributed by atoms with Gasteiger partial charge in [-0.2, -0.15) is 0 Å². The Balaban J connectivity index is 2.90. The van der Waals surface area contributed by atoms with E-state index in [1.165, 1.54) is 4.68 Å². The van der Waals surface area contributed by atoms with Gasteiger partial charge in [-0.3, -0.25) is 4.79 Å². The van der Waals surface area contributed by atoms with E-state index in [2.05, 4.69) is 15.6 Å². The molecular weight excluding hydrogens is 264 g/mol. The summed E-state index contributed by atoms with van der Waals surface area (Å²) in [5, 5.41) is 19.2. The Kier molecular flexibility index (Phi) is 5.20. The van der Waals surface area contributed by atoms with Crippen LogP contribution in [0.3, 0.4) is 0 Å². The third kappa shape index (κ3) is 4.02. The number of carbonyl (C=O) groups is 2. The molecule has 0 radical (unpaired) electrons. The van der Waals surface area contributed by atoms with Gasteiger partial charge >= 0.3 is 5.97 Å². The molecule has 8 nitrogen and oxygen atoms in total. The SMILES string of the molecule is COCCNC(=O)Cn1nnc(C(=O)O)c1C(C)(C)C. The number of carbonyl (C=O) groups excluding carboxylic acids is 1. The van der Waals surface area contributed by atoms with Gasteiger partial charge in [-0.1, -0.05) is 26.0 Å². The first-order valence-corrected chi connectivity index (χ1v) is 6.20. The number of carboxylic acids is 1. The van der Waals surface area contributed by atoms with Crippen molar-refractivity contribution in [3.8, 4) is 0 Å². The zero-order valence-electron chi connectivity index (χ0n) is 12.1. The lowest BCUT2D eigenvalue weighted by molar-refractivity contribution is -0.122. The first-order chi connectivity index (χ1) is 9.27. The number of ether oxygens (including phenoxy) is 1. The molecule has 1 amide bonds. The molecule has 0 atom stereocenters. The van der Waals surface area contributed by atoms with Gasteiger partial charge in [-0.05, 0) is 0 Å². The molecule has 1 heterocycles. The van der Waals surface area contributed by atoms with Gasteiger partial charge in [0, 0.05) is 19.1 Å². The number of nitrogens with one attached hydrogen (secondary N) is 1. The van der Waals surface area contributed by atoms with Crippen LogP contribution in [0.1, 0.15) is 37.0 Å². The Labute approximate surface area is 117 Å². The molecular formula is C12H20N4O4. The topological polar surface area (TPSA) is 106 Å². The molecule has 0 saturated heterocycles. The van der Waals surface area contributed by atoms with Gasteiger partial charge in [-0.15, -0.1) is 5.10 Å². The van der Waals surface area contributed by atoms with Crippen LogP contribution in [0.4, 0.5) is 0 Å². The van der Waals surface area contributed by atoms with Gasteiger partial charge in [0.15, 0.2) is 5.69 Å². The molecule has 0 aromatic carbocycles. The molecule has 0 bridgehead atoms. The molecule has 0 spiro atoms. The zero-order valence-corrected chi connectivity index (χ0v) is 12.1. The minimum atomic E-state index is -1.15. The number of methoxy groups -OCH3 is 1. The van der Waals surface area contributed by atoms with E-state index in [9.17, 15) is 9.59 Å². The summed E-state index contributed by atoms with van der Waals surface area (Å²) in [6.07, 6.45) is 0. The maximum absolute atomic E-state index is 11.7. The third-order valence-electron chi connectivity index (χ3n) is 2.57. The van der Waals surface area contributed by atoms with Gasteiger partial charge in [0.25, 0.3) is 0 Å². The second kappa shape index (κ2) is 6.47. The summed E-state index contributed by atoms with van der Waals surface area (Å²) in [5.74, 6) is -1.42. The Morgan fingerprint density at radius 2 is 2.05 bits per heavy atom. The molecule has 0 unspecified atom stereocenters. The number of nitrogens with zero attached hydrogens (tertiary/aromatic N) is 3. The Hall–Kier alpha value is -1.96. The van der Waals surface area contributed by atoms with E-state index in [1.807, 2.05) is 20.8 Å². The predicted octanol–water partition coefficient (Wildman–Crippen LogP) is 0.0364. The van der Waals surface area contributed by atoms with Crippen LogP contribution >= 0.6 is 0 Å². The van der Waals surface area contributed by atoms with Crippen LogP contribution in [0.25, 0.3) is 0 Å². The van der Waals surface area contributed by atoms with E-state index in [4.69, 9.17) is 9.84 Å². The molecule has 0 aliphatic rings. The molecule has 1 aromatic heterocycles. The normalized spacial score (nSPS) is 11.4. The van der Waals surface area contributed by atoms with Crippen molar-refractivity contribution in [3.05, 3.63) is 11.4 Å². The summed E-state index contributed by atoms with van der Waals surface area (Å²) in [6.45, 7) is 6.26. The maximum Gasteiger partial charge on any atom is 0.358 e. The van der Waals surface area contributed by atoms with E-state index < -0.39 is 11.4 Å². The smallest absolute Gasteiger partial charge is 0.358 e. The Bertz CT molecular complexity index is 490. The molecule has 0 fully saturated rings. The molecule has 8 heteroatoms. The highest BCUT2D eigenvalue weighted by molar-refractivity contribution is 5.87. The number of rotatable bonds is 6. The monoisotopic (exact) mass is 284 g/mol. The lowest BCUT2D eigenvalue weighted by atomic mass is 9.90. The van der Waals surface area contributed by atoms with Crippen LogP contribution in [0.5, 0.6) is 0 Å². The van der Waals surface area contributed by atoms with Crippen LogP contribution in [-0.2, 0) is 21.5 Å².